The number of halogens is 1. The minimum atomic E-state index is -0.674. The normalized spacial score (nSPS) is 10.7. The van der Waals surface area contributed by atoms with E-state index in [4.69, 9.17) is 11.5 Å². The first-order chi connectivity index (χ1) is 8.06. The Morgan fingerprint density at radius 2 is 2.12 bits per heavy atom. The largest absolute Gasteiger partial charge is 0.396 e. The van der Waals surface area contributed by atoms with Gasteiger partial charge in [-0.25, -0.2) is 0 Å². The van der Waals surface area contributed by atoms with Gasteiger partial charge in [-0.1, -0.05) is 19.1 Å². The summed E-state index contributed by atoms with van der Waals surface area (Å²) in [6.07, 6.45) is 0.871. The quantitative estimate of drug-likeness (QED) is 0.880. The highest BCUT2D eigenvalue weighted by Crippen LogP contribution is 2.30. The topological polar surface area (TPSA) is 94.9 Å². The van der Waals surface area contributed by atoms with Crippen LogP contribution in [0, 0.1) is 0 Å². The van der Waals surface area contributed by atoms with Crippen molar-refractivity contribution < 1.29 is 4.79 Å². The summed E-state index contributed by atoms with van der Waals surface area (Å²) in [6.45, 7) is 2.04. The monoisotopic (exact) mass is 294 g/mol. The number of carbonyl (C=O) groups excluding carboxylic acids is 1. The molecule has 0 bridgehead atoms. The summed E-state index contributed by atoms with van der Waals surface area (Å²) in [5.74, 6) is -0.674. The molecule has 88 valence electrons. The molecule has 1 aromatic carbocycles. The average Bonchev–Trinajstić information content (AvgIpc) is 2.30. The Kier molecular flexibility index (Phi) is 2.97. The fourth-order valence-electron chi connectivity index (χ4n) is 1.66. The summed E-state index contributed by atoms with van der Waals surface area (Å²) in [5, 5.41) is 8.43. The molecule has 0 spiro atoms. The van der Waals surface area contributed by atoms with Crippen LogP contribution in [-0.2, 0) is 6.42 Å². The number of carbonyl (C=O) groups is 1. The Bertz CT molecular complexity index is 612. The maximum absolute atomic E-state index is 11.1. The lowest BCUT2D eigenvalue weighted by Crippen LogP contribution is -2.16. The van der Waals surface area contributed by atoms with Gasteiger partial charge in [-0.3, -0.25) is 4.79 Å². The van der Waals surface area contributed by atoms with E-state index in [9.17, 15) is 4.79 Å². The number of primary amides is 1. The number of nitrogen functional groups attached to an aromatic ring is 1. The van der Waals surface area contributed by atoms with E-state index in [1.807, 2.05) is 19.1 Å². The first-order valence-electron chi connectivity index (χ1n) is 5.09. The Hall–Kier alpha value is -1.69. The van der Waals surface area contributed by atoms with Crippen molar-refractivity contribution >= 4 is 38.4 Å². The number of rotatable bonds is 2. The van der Waals surface area contributed by atoms with Crippen molar-refractivity contribution in [1.29, 1.82) is 0 Å². The summed E-state index contributed by atoms with van der Waals surface area (Å²) in [5.41, 5.74) is 13.1. The summed E-state index contributed by atoms with van der Waals surface area (Å²) in [4.78, 5) is 11.1. The van der Waals surface area contributed by atoms with Crippen LogP contribution in [0.2, 0.25) is 0 Å². The lowest BCUT2D eigenvalue weighted by molar-refractivity contribution is 0.0996. The molecule has 4 N–H and O–H groups in total. The van der Waals surface area contributed by atoms with Gasteiger partial charge in [0.05, 0.1) is 5.69 Å². The van der Waals surface area contributed by atoms with Gasteiger partial charge in [0.25, 0.3) is 5.91 Å². The molecule has 0 unspecified atom stereocenters. The van der Waals surface area contributed by atoms with Crippen LogP contribution in [0.5, 0.6) is 0 Å². The highest BCUT2D eigenvalue weighted by molar-refractivity contribution is 9.10. The number of hydrogen-bond donors (Lipinski definition) is 2. The van der Waals surface area contributed by atoms with Crippen LogP contribution in [0.25, 0.3) is 10.9 Å². The van der Waals surface area contributed by atoms with Crippen molar-refractivity contribution in [3.05, 3.63) is 27.9 Å². The van der Waals surface area contributed by atoms with Gasteiger partial charge in [-0.05, 0) is 27.9 Å². The van der Waals surface area contributed by atoms with Crippen LogP contribution in [0.15, 0.2) is 16.6 Å². The van der Waals surface area contributed by atoms with Crippen molar-refractivity contribution in [2.45, 2.75) is 13.3 Å². The number of aryl methyl sites for hydroxylation is 1. The molecule has 0 aliphatic heterocycles. The highest BCUT2D eigenvalue weighted by Gasteiger charge is 2.14. The summed E-state index contributed by atoms with van der Waals surface area (Å²) in [7, 11) is 0. The molecule has 0 saturated heterocycles. The summed E-state index contributed by atoms with van der Waals surface area (Å²) >= 11 is 3.46. The highest BCUT2D eigenvalue weighted by atomic mass is 79.9. The van der Waals surface area contributed by atoms with Crippen LogP contribution in [-0.4, -0.2) is 16.1 Å². The van der Waals surface area contributed by atoms with Crippen molar-refractivity contribution in [3.63, 3.8) is 0 Å². The smallest absolute Gasteiger partial charge is 0.271 e. The van der Waals surface area contributed by atoms with Crippen LogP contribution in [0.1, 0.15) is 23.0 Å². The van der Waals surface area contributed by atoms with E-state index in [1.165, 1.54) is 0 Å². The van der Waals surface area contributed by atoms with E-state index in [0.29, 0.717) is 10.9 Å². The lowest BCUT2D eigenvalue weighted by Gasteiger charge is -2.08. The standard InChI is InChI=1S/C11H11BrN4O/c1-2-5-3-4-6-8(13)10(11(14)17)16-15-9(6)7(5)12/h3-4H,2H2,1H3,(H2,13,15)(H2,14,17). The van der Waals surface area contributed by atoms with Gasteiger partial charge < -0.3 is 11.5 Å². The van der Waals surface area contributed by atoms with Crippen LogP contribution in [0.4, 0.5) is 5.69 Å². The Morgan fingerprint density at radius 1 is 1.41 bits per heavy atom. The van der Waals surface area contributed by atoms with Crippen LogP contribution >= 0.6 is 15.9 Å². The van der Waals surface area contributed by atoms with E-state index >= 15 is 0 Å². The van der Waals surface area contributed by atoms with Gasteiger partial charge in [-0.15, -0.1) is 10.2 Å². The van der Waals surface area contributed by atoms with E-state index < -0.39 is 5.91 Å². The number of amides is 1. The fourth-order valence-corrected chi connectivity index (χ4v) is 2.36. The average molecular weight is 295 g/mol. The molecule has 0 radical (unpaired) electrons. The maximum Gasteiger partial charge on any atom is 0.271 e. The minimum absolute atomic E-state index is 0.00801. The zero-order valence-corrected chi connectivity index (χ0v) is 10.8. The summed E-state index contributed by atoms with van der Waals surface area (Å²) in [6, 6.07) is 3.77. The molecule has 0 aliphatic rings. The molecule has 1 amide bonds. The number of nitrogens with two attached hydrogens (primary N) is 2. The first-order valence-corrected chi connectivity index (χ1v) is 5.88. The molecule has 0 saturated carbocycles. The Balaban J connectivity index is 2.81. The van der Waals surface area contributed by atoms with E-state index in [-0.39, 0.29) is 11.4 Å². The SMILES string of the molecule is CCc1ccc2c(N)c(C(N)=O)nnc2c1Br. The number of benzene rings is 1. The van der Waals surface area contributed by atoms with Gasteiger partial charge in [0.1, 0.15) is 5.52 Å². The molecule has 0 fully saturated rings. The molecule has 2 aromatic rings. The zero-order chi connectivity index (χ0) is 12.6. The molecule has 0 atom stereocenters. The molecule has 0 aliphatic carbocycles. The van der Waals surface area contributed by atoms with Crippen LogP contribution < -0.4 is 11.5 Å². The molecule has 17 heavy (non-hydrogen) atoms. The third-order valence-corrected chi connectivity index (χ3v) is 3.49. The van der Waals surface area contributed by atoms with E-state index in [2.05, 4.69) is 26.1 Å². The van der Waals surface area contributed by atoms with E-state index in [0.717, 1.165) is 16.5 Å². The third kappa shape index (κ3) is 1.84. The molecular formula is C11H11BrN4O. The van der Waals surface area contributed by atoms with Gasteiger partial charge >= 0.3 is 0 Å². The second-order valence-corrected chi connectivity index (χ2v) is 4.41. The fraction of sp³-hybridized carbons (Fsp3) is 0.182. The molecule has 1 heterocycles. The number of hydrogen-bond acceptors (Lipinski definition) is 4. The second-order valence-electron chi connectivity index (χ2n) is 3.61. The van der Waals surface area contributed by atoms with Crippen molar-refractivity contribution in [3.8, 4) is 0 Å². The third-order valence-electron chi connectivity index (χ3n) is 2.61. The first kappa shape index (κ1) is 11.8. The Morgan fingerprint density at radius 3 is 2.71 bits per heavy atom. The Labute approximate surface area is 106 Å². The maximum atomic E-state index is 11.1. The number of aromatic nitrogens is 2. The van der Waals surface area contributed by atoms with Crippen molar-refractivity contribution in [1.82, 2.24) is 10.2 Å². The zero-order valence-electron chi connectivity index (χ0n) is 9.20. The number of anilines is 1. The molecular weight excluding hydrogens is 284 g/mol. The number of nitrogens with zero attached hydrogens (tertiary/aromatic N) is 2. The minimum Gasteiger partial charge on any atom is -0.396 e. The van der Waals surface area contributed by atoms with Crippen LogP contribution in [0.3, 0.4) is 0 Å². The van der Waals surface area contributed by atoms with Gasteiger partial charge in [0, 0.05) is 9.86 Å². The molecule has 2 rings (SSSR count). The summed E-state index contributed by atoms with van der Waals surface area (Å²) < 4.78 is 0.854. The molecule has 1 aromatic heterocycles. The lowest BCUT2D eigenvalue weighted by atomic mass is 10.1. The molecule has 6 heteroatoms. The second kappa shape index (κ2) is 4.29. The predicted octanol–water partition coefficient (Wildman–Crippen LogP) is 1.64. The molecule has 5 nitrogen and oxygen atoms in total. The predicted molar refractivity (Wildman–Crippen MR) is 69.5 cm³/mol. The van der Waals surface area contributed by atoms with Gasteiger partial charge in [0.15, 0.2) is 5.69 Å². The van der Waals surface area contributed by atoms with Crippen molar-refractivity contribution in [2.24, 2.45) is 5.73 Å². The van der Waals surface area contributed by atoms with Crippen molar-refractivity contribution in [2.75, 3.05) is 5.73 Å². The number of fused-ring (bicyclic) bond motifs is 1. The van der Waals surface area contributed by atoms with Gasteiger partial charge in [-0.2, -0.15) is 0 Å². The van der Waals surface area contributed by atoms with Gasteiger partial charge in [0.2, 0.25) is 0 Å². The van der Waals surface area contributed by atoms with E-state index in [1.54, 1.807) is 0 Å².